The van der Waals surface area contributed by atoms with Crippen LogP contribution in [-0.2, 0) is 11.3 Å². The number of aliphatic carboxylic acids is 1. The summed E-state index contributed by atoms with van der Waals surface area (Å²) in [4.78, 5) is 10.1. The molecule has 1 heterocycles. The van der Waals surface area contributed by atoms with Gasteiger partial charge >= 0.3 is 5.97 Å². The number of hydrogen-bond acceptors (Lipinski definition) is 2. The van der Waals surface area contributed by atoms with E-state index in [4.69, 9.17) is 5.11 Å². The smallest absolute Gasteiger partial charge is 0.305 e. The van der Waals surface area contributed by atoms with E-state index in [0.29, 0.717) is 6.54 Å². The van der Waals surface area contributed by atoms with Crippen LogP contribution in [0.3, 0.4) is 0 Å². The normalized spacial score (nSPS) is 9.91. The van der Waals surface area contributed by atoms with Crippen LogP contribution in [-0.4, -0.2) is 20.9 Å². The SMILES string of the molecule is O=C(O)CCn1cc(I)cn1. The molecule has 0 saturated carbocycles. The summed E-state index contributed by atoms with van der Waals surface area (Å²) in [5, 5.41) is 12.3. The third-order valence-corrected chi connectivity index (χ3v) is 1.71. The summed E-state index contributed by atoms with van der Waals surface area (Å²) < 4.78 is 2.64. The molecule has 5 heteroatoms. The van der Waals surface area contributed by atoms with Crippen LogP contribution >= 0.6 is 22.6 Å². The zero-order valence-electron chi connectivity index (χ0n) is 5.70. The highest BCUT2D eigenvalue weighted by molar-refractivity contribution is 14.1. The van der Waals surface area contributed by atoms with E-state index in [1.54, 1.807) is 10.9 Å². The van der Waals surface area contributed by atoms with Crippen LogP contribution in [0.1, 0.15) is 6.42 Å². The highest BCUT2D eigenvalue weighted by atomic mass is 127. The fourth-order valence-electron chi connectivity index (χ4n) is 0.671. The molecule has 0 unspecified atom stereocenters. The van der Waals surface area contributed by atoms with Crippen molar-refractivity contribution in [3.8, 4) is 0 Å². The molecule has 0 bridgehead atoms. The number of carboxylic acids is 1. The molecule has 1 N–H and O–H groups in total. The molecule has 0 spiro atoms. The number of aryl methyl sites for hydroxylation is 1. The van der Waals surface area contributed by atoms with Gasteiger partial charge in [-0.15, -0.1) is 0 Å². The molecule has 4 nitrogen and oxygen atoms in total. The summed E-state index contributed by atoms with van der Waals surface area (Å²) in [6, 6.07) is 0. The van der Waals surface area contributed by atoms with Gasteiger partial charge in [-0.05, 0) is 22.6 Å². The third-order valence-electron chi connectivity index (χ3n) is 1.16. The monoisotopic (exact) mass is 266 g/mol. The van der Waals surface area contributed by atoms with E-state index in [-0.39, 0.29) is 6.42 Å². The summed E-state index contributed by atoms with van der Waals surface area (Å²) in [7, 11) is 0. The van der Waals surface area contributed by atoms with Crippen molar-refractivity contribution in [2.24, 2.45) is 0 Å². The highest BCUT2D eigenvalue weighted by Gasteiger charge is 1.98. The van der Waals surface area contributed by atoms with Gasteiger partial charge in [0.15, 0.2) is 0 Å². The Morgan fingerprint density at radius 2 is 2.55 bits per heavy atom. The maximum atomic E-state index is 10.1. The molecule has 0 atom stereocenters. The molecule has 11 heavy (non-hydrogen) atoms. The van der Waals surface area contributed by atoms with Crippen LogP contribution in [0.4, 0.5) is 0 Å². The number of carboxylic acid groups (broad SMARTS) is 1. The van der Waals surface area contributed by atoms with E-state index in [1.165, 1.54) is 0 Å². The Bertz CT molecular complexity index is 259. The standard InChI is InChI=1S/C6H7IN2O2/c7-5-3-8-9(4-5)2-1-6(10)11/h3-4H,1-2H2,(H,10,11). The number of hydrogen-bond donors (Lipinski definition) is 1. The largest absolute Gasteiger partial charge is 0.481 e. The summed E-state index contributed by atoms with van der Waals surface area (Å²) in [6.45, 7) is 0.443. The maximum Gasteiger partial charge on any atom is 0.305 e. The molecule has 1 aromatic heterocycles. The van der Waals surface area contributed by atoms with Crippen molar-refractivity contribution < 1.29 is 9.90 Å². The average Bonchev–Trinajstić information content (AvgIpc) is 2.31. The minimum absolute atomic E-state index is 0.123. The van der Waals surface area contributed by atoms with Crippen molar-refractivity contribution in [3.63, 3.8) is 0 Å². The Morgan fingerprint density at radius 1 is 1.82 bits per heavy atom. The zero-order chi connectivity index (χ0) is 8.27. The van der Waals surface area contributed by atoms with Gasteiger partial charge in [-0.1, -0.05) is 0 Å². The number of halogens is 1. The van der Waals surface area contributed by atoms with Crippen LogP contribution in [0.15, 0.2) is 12.4 Å². The van der Waals surface area contributed by atoms with Gasteiger partial charge in [0.2, 0.25) is 0 Å². The average molecular weight is 266 g/mol. The lowest BCUT2D eigenvalue weighted by Crippen LogP contribution is -2.04. The van der Waals surface area contributed by atoms with Crippen molar-refractivity contribution in [2.45, 2.75) is 13.0 Å². The van der Waals surface area contributed by atoms with Gasteiger partial charge < -0.3 is 5.11 Å². The van der Waals surface area contributed by atoms with Crippen molar-refractivity contribution in [3.05, 3.63) is 16.0 Å². The molecular weight excluding hydrogens is 259 g/mol. The minimum Gasteiger partial charge on any atom is -0.481 e. The van der Waals surface area contributed by atoms with Gasteiger partial charge in [0.05, 0.1) is 22.7 Å². The van der Waals surface area contributed by atoms with Gasteiger partial charge in [-0.25, -0.2) is 0 Å². The van der Waals surface area contributed by atoms with Crippen molar-refractivity contribution in [2.75, 3.05) is 0 Å². The number of rotatable bonds is 3. The van der Waals surface area contributed by atoms with E-state index < -0.39 is 5.97 Å². The molecule has 0 aliphatic rings. The van der Waals surface area contributed by atoms with Gasteiger partial charge in [0.1, 0.15) is 0 Å². The molecule has 0 radical (unpaired) electrons. The van der Waals surface area contributed by atoms with Crippen molar-refractivity contribution in [1.82, 2.24) is 9.78 Å². The lowest BCUT2D eigenvalue weighted by molar-refractivity contribution is -0.137. The van der Waals surface area contributed by atoms with Crippen LogP contribution in [0.5, 0.6) is 0 Å². The first-order chi connectivity index (χ1) is 5.18. The lowest BCUT2D eigenvalue weighted by atomic mass is 10.4. The second kappa shape index (κ2) is 3.70. The fourth-order valence-corrected chi connectivity index (χ4v) is 1.12. The van der Waals surface area contributed by atoms with Crippen LogP contribution < -0.4 is 0 Å². The molecule has 0 aromatic carbocycles. The first kappa shape index (κ1) is 8.51. The van der Waals surface area contributed by atoms with Crippen LogP contribution in [0.25, 0.3) is 0 Å². The summed E-state index contributed by atoms with van der Waals surface area (Å²) >= 11 is 2.13. The summed E-state index contributed by atoms with van der Waals surface area (Å²) in [5.41, 5.74) is 0. The van der Waals surface area contributed by atoms with Crippen molar-refractivity contribution >= 4 is 28.6 Å². The molecular formula is C6H7IN2O2. The molecule has 0 amide bonds. The van der Waals surface area contributed by atoms with E-state index in [0.717, 1.165) is 3.57 Å². The predicted molar refractivity (Wildman–Crippen MR) is 47.2 cm³/mol. The Balaban J connectivity index is 2.45. The summed E-state index contributed by atoms with van der Waals surface area (Å²) in [6.07, 6.45) is 3.63. The van der Waals surface area contributed by atoms with Crippen molar-refractivity contribution in [1.29, 1.82) is 0 Å². The lowest BCUT2D eigenvalue weighted by Gasteiger charge is -1.95. The quantitative estimate of drug-likeness (QED) is 0.829. The number of nitrogens with zero attached hydrogens (tertiary/aromatic N) is 2. The Hall–Kier alpha value is -0.590. The Morgan fingerprint density at radius 3 is 3.00 bits per heavy atom. The second-order valence-electron chi connectivity index (χ2n) is 2.07. The highest BCUT2D eigenvalue weighted by Crippen LogP contribution is 2.01. The fraction of sp³-hybridized carbons (Fsp3) is 0.333. The first-order valence-corrected chi connectivity index (χ1v) is 4.16. The predicted octanol–water partition coefficient (Wildman–Crippen LogP) is 0.962. The van der Waals surface area contributed by atoms with E-state index in [2.05, 4.69) is 27.7 Å². The van der Waals surface area contributed by atoms with E-state index >= 15 is 0 Å². The molecule has 0 saturated heterocycles. The molecule has 0 aliphatic heterocycles. The zero-order valence-corrected chi connectivity index (χ0v) is 7.85. The minimum atomic E-state index is -0.796. The van der Waals surface area contributed by atoms with Gasteiger partial charge in [-0.2, -0.15) is 5.10 Å². The molecule has 1 aromatic rings. The third kappa shape index (κ3) is 2.87. The van der Waals surface area contributed by atoms with Crippen LogP contribution in [0.2, 0.25) is 0 Å². The van der Waals surface area contributed by atoms with Crippen LogP contribution in [0, 0.1) is 3.57 Å². The first-order valence-electron chi connectivity index (χ1n) is 3.08. The van der Waals surface area contributed by atoms with E-state index in [9.17, 15) is 4.79 Å². The molecule has 0 aliphatic carbocycles. The van der Waals surface area contributed by atoms with Gasteiger partial charge in [0.25, 0.3) is 0 Å². The summed E-state index contributed by atoms with van der Waals surface area (Å²) in [5.74, 6) is -0.796. The topological polar surface area (TPSA) is 55.1 Å². The molecule has 1 rings (SSSR count). The Kier molecular flexibility index (Phi) is 2.86. The van der Waals surface area contributed by atoms with Gasteiger partial charge in [-0.3, -0.25) is 9.48 Å². The van der Waals surface area contributed by atoms with Gasteiger partial charge in [0, 0.05) is 6.20 Å². The second-order valence-corrected chi connectivity index (χ2v) is 3.31. The number of aromatic nitrogens is 2. The maximum absolute atomic E-state index is 10.1. The molecule has 0 fully saturated rings. The number of carbonyl (C=O) groups is 1. The van der Waals surface area contributed by atoms with E-state index in [1.807, 2.05) is 6.20 Å². The Labute approximate surface area is 77.4 Å². The molecule has 60 valence electrons.